The fourth-order valence-electron chi connectivity index (χ4n) is 1.69. The number of likely N-dealkylation sites (N-methyl/N-ethyl adjacent to an activating group) is 1. The summed E-state index contributed by atoms with van der Waals surface area (Å²) in [5.41, 5.74) is 1.14. The van der Waals surface area contributed by atoms with Crippen molar-refractivity contribution < 1.29 is 0 Å². The normalized spacial score (nSPS) is 16.5. The van der Waals surface area contributed by atoms with E-state index in [0.29, 0.717) is 0 Å². The third kappa shape index (κ3) is 2.25. The molecule has 1 N–H and O–H groups in total. The van der Waals surface area contributed by atoms with E-state index in [0.717, 1.165) is 29.6 Å². The molecule has 14 heavy (non-hydrogen) atoms. The molecule has 0 aliphatic heterocycles. The van der Waals surface area contributed by atoms with Crippen molar-refractivity contribution in [2.45, 2.75) is 32.4 Å². The second-order valence-electron chi connectivity index (χ2n) is 4.15. The van der Waals surface area contributed by atoms with Crippen molar-refractivity contribution in [2.75, 3.05) is 13.6 Å². The van der Waals surface area contributed by atoms with Gasteiger partial charge in [-0.05, 0) is 39.0 Å². The fraction of sp³-hybridized carbons (Fsp3) is 0.700. The Bertz CT molecular complexity index is 362. The highest BCUT2D eigenvalue weighted by atomic mass is 32.1. The molecule has 0 unspecified atom stereocenters. The van der Waals surface area contributed by atoms with Crippen molar-refractivity contribution in [3.05, 3.63) is 16.7 Å². The second-order valence-corrected chi connectivity index (χ2v) is 4.53. The Kier molecular flexibility index (Phi) is 2.74. The van der Waals surface area contributed by atoms with Crippen molar-refractivity contribution in [1.29, 1.82) is 0 Å². The van der Waals surface area contributed by atoms with Gasteiger partial charge in [0.15, 0.2) is 4.77 Å². The SMILES string of the molecule is Cc1cn(CCN(C)C2CC2)c(=S)[nH]1. The molecule has 4 heteroatoms. The Morgan fingerprint density at radius 1 is 1.64 bits per heavy atom. The maximum Gasteiger partial charge on any atom is 0.177 e. The number of nitrogens with one attached hydrogen (secondary N) is 1. The van der Waals surface area contributed by atoms with Crippen LogP contribution >= 0.6 is 12.2 Å². The standard InChI is InChI=1S/C10H17N3S/c1-8-7-13(10(14)11-8)6-5-12(2)9-3-4-9/h7,9H,3-6H2,1-2H3,(H,11,14). The molecule has 0 saturated heterocycles. The van der Waals surface area contributed by atoms with Crippen LogP contribution in [0.5, 0.6) is 0 Å². The molecule has 0 bridgehead atoms. The van der Waals surface area contributed by atoms with Crippen molar-refractivity contribution >= 4 is 12.2 Å². The van der Waals surface area contributed by atoms with Crippen LogP contribution in [0.4, 0.5) is 0 Å². The van der Waals surface area contributed by atoms with E-state index in [4.69, 9.17) is 12.2 Å². The molecule has 78 valence electrons. The Morgan fingerprint density at radius 2 is 2.36 bits per heavy atom. The summed E-state index contributed by atoms with van der Waals surface area (Å²) in [5, 5.41) is 0. The Balaban J connectivity index is 1.90. The molecule has 0 amide bonds. The van der Waals surface area contributed by atoms with Crippen LogP contribution in [0.1, 0.15) is 18.5 Å². The number of hydrogen-bond donors (Lipinski definition) is 1. The van der Waals surface area contributed by atoms with Gasteiger partial charge in [-0.2, -0.15) is 0 Å². The first-order chi connectivity index (χ1) is 6.66. The summed E-state index contributed by atoms with van der Waals surface area (Å²) in [6.45, 7) is 4.13. The van der Waals surface area contributed by atoms with Crippen molar-refractivity contribution in [3.63, 3.8) is 0 Å². The van der Waals surface area contributed by atoms with Crippen LogP contribution in [0.2, 0.25) is 0 Å². The van der Waals surface area contributed by atoms with Gasteiger partial charge in [-0.15, -0.1) is 0 Å². The van der Waals surface area contributed by atoms with Gasteiger partial charge in [-0.25, -0.2) is 0 Å². The number of nitrogens with zero attached hydrogens (tertiary/aromatic N) is 2. The quantitative estimate of drug-likeness (QED) is 0.770. The summed E-state index contributed by atoms with van der Waals surface area (Å²) in [7, 11) is 2.20. The van der Waals surface area contributed by atoms with Crippen LogP contribution in [0.25, 0.3) is 0 Å². The topological polar surface area (TPSA) is 24.0 Å². The van der Waals surface area contributed by atoms with Crippen LogP contribution in [0.15, 0.2) is 6.20 Å². The van der Waals surface area contributed by atoms with Crippen LogP contribution < -0.4 is 0 Å². The van der Waals surface area contributed by atoms with E-state index in [9.17, 15) is 0 Å². The van der Waals surface area contributed by atoms with Gasteiger partial charge >= 0.3 is 0 Å². The minimum atomic E-state index is 0.837. The number of aromatic nitrogens is 2. The molecule has 0 spiro atoms. The molecule has 1 saturated carbocycles. The molecular formula is C10H17N3S. The van der Waals surface area contributed by atoms with Crippen LogP contribution in [0.3, 0.4) is 0 Å². The highest BCUT2D eigenvalue weighted by molar-refractivity contribution is 7.71. The zero-order valence-electron chi connectivity index (χ0n) is 8.79. The smallest absolute Gasteiger partial charge is 0.177 e. The van der Waals surface area contributed by atoms with E-state index >= 15 is 0 Å². The summed E-state index contributed by atoms with van der Waals surface area (Å²) in [4.78, 5) is 5.56. The number of hydrogen-bond acceptors (Lipinski definition) is 2. The van der Waals surface area contributed by atoms with Crippen molar-refractivity contribution in [2.24, 2.45) is 0 Å². The average molecular weight is 211 g/mol. The van der Waals surface area contributed by atoms with Crippen LogP contribution in [0, 0.1) is 11.7 Å². The first-order valence-electron chi connectivity index (χ1n) is 5.13. The third-order valence-corrected chi connectivity index (χ3v) is 3.11. The second kappa shape index (κ2) is 3.87. The van der Waals surface area contributed by atoms with E-state index in [2.05, 4.69) is 27.7 Å². The summed E-state index contributed by atoms with van der Waals surface area (Å²) in [6, 6.07) is 0.837. The lowest BCUT2D eigenvalue weighted by Gasteiger charge is -2.15. The molecule has 2 rings (SSSR count). The highest BCUT2D eigenvalue weighted by Crippen LogP contribution is 2.24. The van der Waals surface area contributed by atoms with E-state index in [1.54, 1.807) is 0 Å². The minimum absolute atomic E-state index is 0.837. The molecule has 3 nitrogen and oxygen atoms in total. The number of aromatic amines is 1. The fourth-order valence-corrected chi connectivity index (χ4v) is 2.00. The van der Waals surface area contributed by atoms with E-state index in [-0.39, 0.29) is 0 Å². The summed E-state index contributed by atoms with van der Waals surface area (Å²) < 4.78 is 2.95. The van der Waals surface area contributed by atoms with Gasteiger partial charge in [0.1, 0.15) is 0 Å². The molecule has 1 fully saturated rings. The van der Waals surface area contributed by atoms with Gasteiger partial charge in [-0.3, -0.25) is 0 Å². The average Bonchev–Trinajstić information content (AvgIpc) is 2.90. The maximum atomic E-state index is 5.20. The summed E-state index contributed by atoms with van der Waals surface area (Å²) >= 11 is 5.20. The van der Waals surface area contributed by atoms with E-state index in [1.165, 1.54) is 12.8 Å². The monoisotopic (exact) mass is 211 g/mol. The maximum absolute atomic E-state index is 5.20. The lowest BCUT2D eigenvalue weighted by Crippen LogP contribution is -2.25. The number of imidazole rings is 1. The van der Waals surface area contributed by atoms with Gasteiger partial charge < -0.3 is 14.5 Å². The molecular weight excluding hydrogens is 194 g/mol. The highest BCUT2D eigenvalue weighted by Gasteiger charge is 2.25. The van der Waals surface area contributed by atoms with Gasteiger partial charge in [0.05, 0.1) is 0 Å². The van der Waals surface area contributed by atoms with Crippen molar-refractivity contribution in [1.82, 2.24) is 14.5 Å². The minimum Gasteiger partial charge on any atom is -0.335 e. The first kappa shape index (κ1) is 9.93. The van der Waals surface area contributed by atoms with E-state index in [1.807, 2.05) is 6.92 Å². The molecule has 0 aromatic carbocycles. The molecule has 0 radical (unpaired) electrons. The Morgan fingerprint density at radius 3 is 2.86 bits per heavy atom. The summed E-state index contributed by atoms with van der Waals surface area (Å²) in [6.07, 6.45) is 4.82. The molecule has 1 aromatic heterocycles. The Labute approximate surface area is 89.7 Å². The van der Waals surface area contributed by atoms with Crippen LogP contribution in [-0.4, -0.2) is 34.1 Å². The summed E-state index contributed by atoms with van der Waals surface area (Å²) in [5.74, 6) is 0. The lowest BCUT2D eigenvalue weighted by atomic mass is 10.5. The predicted octanol–water partition coefficient (Wildman–Crippen LogP) is 1.95. The molecule has 1 aliphatic rings. The van der Waals surface area contributed by atoms with Gasteiger partial charge in [0.2, 0.25) is 0 Å². The zero-order chi connectivity index (χ0) is 10.1. The number of aryl methyl sites for hydroxylation is 1. The van der Waals surface area contributed by atoms with Gasteiger partial charge in [0, 0.05) is 31.0 Å². The number of rotatable bonds is 4. The van der Waals surface area contributed by atoms with Gasteiger partial charge in [-0.1, -0.05) is 0 Å². The predicted molar refractivity (Wildman–Crippen MR) is 60.0 cm³/mol. The van der Waals surface area contributed by atoms with Crippen LogP contribution in [-0.2, 0) is 6.54 Å². The Hall–Kier alpha value is -0.610. The van der Waals surface area contributed by atoms with Gasteiger partial charge in [0.25, 0.3) is 0 Å². The zero-order valence-corrected chi connectivity index (χ0v) is 9.60. The largest absolute Gasteiger partial charge is 0.335 e. The molecule has 1 aliphatic carbocycles. The van der Waals surface area contributed by atoms with Crippen molar-refractivity contribution in [3.8, 4) is 0 Å². The lowest BCUT2D eigenvalue weighted by molar-refractivity contribution is 0.308. The molecule has 0 atom stereocenters. The molecule has 1 heterocycles. The van der Waals surface area contributed by atoms with E-state index < -0.39 is 0 Å². The number of H-pyrrole nitrogens is 1. The first-order valence-corrected chi connectivity index (χ1v) is 5.54. The third-order valence-electron chi connectivity index (χ3n) is 2.78. The molecule has 1 aromatic rings.